The molecule has 8 heteroatoms. The van der Waals surface area contributed by atoms with Crippen LogP contribution >= 0.6 is 11.3 Å². The van der Waals surface area contributed by atoms with E-state index in [1.54, 1.807) is 18.2 Å². The predicted molar refractivity (Wildman–Crippen MR) is 144 cm³/mol. The highest BCUT2D eigenvalue weighted by Gasteiger charge is 2.38. The van der Waals surface area contributed by atoms with E-state index in [4.69, 9.17) is 9.72 Å². The lowest BCUT2D eigenvalue weighted by molar-refractivity contribution is -0.141. The highest BCUT2D eigenvalue weighted by atomic mass is 32.1. The van der Waals surface area contributed by atoms with Gasteiger partial charge >= 0.3 is 5.97 Å². The Balaban J connectivity index is 1.46. The number of thiazole rings is 1. The van der Waals surface area contributed by atoms with Crippen LogP contribution in [0.2, 0.25) is 0 Å². The number of methoxy groups -OCH3 is 1. The van der Waals surface area contributed by atoms with E-state index in [-0.39, 0.29) is 18.2 Å². The highest BCUT2D eigenvalue weighted by molar-refractivity contribution is 7.14. The summed E-state index contributed by atoms with van der Waals surface area (Å²) < 4.78 is 5.18. The van der Waals surface area contributed by atoms with Crippen LogP contribution in [0.3, 0.4) is 0 Å². The molecule has 2 aromatic carbocycles. The van der Waals surface area contributed by atoms with E-state index < -0.39 is 11.9 Å². The van der Waals surface area contributed by atoms with E-state index in [0.717, 1.165) is 40.8 Å². The maximum absolute atomic E-state index is 13.8. The number of anilines is 1. The number of rotatable bonds is 7. The Morgan fingerprint density at radius 1 is 1.08 bits per heavy atom. The van der Waals surface area contributed by atoms with Crippen molar-refractivity contribution in [3.8, 4) is 28.3 Å². The summed E-state index contributed by atoms with van der Waals surface area (Å²) >= 11 is 1.40. The Morgan fingerprint density at radius 3 is 2.54 bits per heavy atom. The van der Waals surface area contributed by atoms with Gasteiger partial charge in [0.1, 0.15) is 0 Å². The number of amides is 1. The van der Waals surface area contributed by atoms with Crippen molar-refractivity contribution < 1.29 is 19.4 Å². The molecule has 3 heterocycles. The molecule has 1 aliphatic heterocycles. The molecule has 0 aliphatic carbocycles. The van der Waals surface area contributed by atoms with Crippen molar-refractivity contribution in [3.05, 3.63) is 83.9 Å². The third-order valence-electron chi connectivity index (χ3n) is 6.77. The van der Waals surface area contributed by atoms with Crippen LogP contribution in [0.1, 0.15) is 30.7 Å². The number of aromatic nitrogens is 2. The second-order valence-corrected chi connectivity index (χ2v) is 9.84. The summed E-state index contributed by atoms with van der Waals surface area (Å²) in [6.45, 7) is 0.509. The molecular weight excluding hydrogens is 486 g/mol. The Bertz CT molecular complexity index is 1390. The first-order valence-corrected chi connectivity index (χ1v) is 13.1. The predicted octanol–water partition coefficient (Wildman–Crippen LogP) is 5.88. The maximum atomic E-state index is 13.8. The number of carboxylic acids is 1. The molecule has 0 radical (unpaired) electrons. The zero-order chi connectivity index (χ0) is 25.8. The lowest BCUT2D eigenvalue weighted by atomic mass is 9.81. The Kier molecular flexibility index (Phi) is 7.28. The lowest BCUT2D eigenvalue weighted by Gasteiger charge is -2.26. The van der Waals surface area contributed by atoms with E-state index in [1.165, 1.54) is 11.3 Å². The minimum atomic E-state index is -0.969. The number of hydrogen-bond donors (Lipinski definition) is 1. The van der Waals surface area contributed by atoms with E-state index >= 15 is 0 Å². The molecule has 5 rings (SSSR count). The number of carbonyl (C=O) groups excluding carboxylic acids is 1. The summed E-state index contributed by atoms with van der Waals surface area (Å²) in [5, 5.41) is 12.2. The van der Waals surface area contributed by atoms with Crippen molar-refractivity contribution in [2.24, 2.45) is 5.92 Å². The Hall–Kier alpha value is -4.04. The fourth-order valence-electron chi connectivity index (χ4n) is 4.99. The van der Waals surface area contributed by atoms with Gasteiger partial charge in [-0.3, -0.25) is 14.5 Å². The van der Waals surface area contributed by atoms with Crippen molar-refractivity contribution in [2.45, 2.75) is 25.2 Å². The average Bonchev–Trinajstić information content (AvgIpc) is 3.36. The average molecular weight is 514 g/mol. The summed E-state index contributed by atoms with van der Waals surface area (Å²) in [7, 11) is 1.58. The van der Waals surface area contributed by atoms with Gasteiger partial charge in [0.15, 0.2) is 5.13 Å². The molecule has 37 heavy (non-hydrogen) atoms. The van der Waals surface area contributed by atoms with Crippen molar-refractivity contribution in [1.29, 1.82) is 0 Å². The molecule has 2 aromatic heterocycles. The molecule has 1 aliphatic rings. The number of nitrogens with zero attached hydrogens (tertiary/aromatic N) is 3. The number of ether oxygens (including phenoxy) is 1. The summed E-state index contributed by atoms with van der Waals surface area (Å²) in [5.41, 5.74) is 4.61. The smallest absolute Gasteiger partial charge is 0.304 e. The van der Waals surface area contributed by atoms with Gasteiger partial charge in [0.2, 0.25) is 11.8 Å². The fourth-order valence-corrected chi connectivity index (χ4v) is 5.85. The quantitative estimate of drug-likeness (QED) is 0.332. The summed E-state index contributed by atoms with van der Waals surface area (Å²) in [6, 6.07) is 21.5. The van der Waals surface area contributed by atoms with Gasteiger partial charge in [0, 0.05) is 35.3 Å². The summed E-state index contributed by atoms with van der Waals surface area (Å²) in [4.78, 5) is 36.4. The van der Waals surface area contributed by atoms with Crippen LogP contribution in [-0.4, -0.2) is 40.6 Å². The summed E-state index contributed by atoms with van der Waals surface area (Å²) in [5.74, 6) is -1.39. The van der Waals surface area contributed by atoms with Gasteiger partial charge in [0.05, 0.1) is 25.1 Å². The maximum Gasteiger partial charge on any atom is 0.304 e. The Morgan fingerprint density at radius 2 is 1.84 bits per heavy atom. The van der Waals surface area contributed by atoms with Gasteiger partial charge in [-0.05, 0) is 36.0 Å². The van der Waals surface area contributed by atoms with E-state index in [2.05, 4.69) is 4.98 Å². The van der Waals surface area contributed by atoms with E-state index in [1.807, 2.05) is 72.1 Å². The molecule has 1 saturated heterocycles. The zero-order valence-electron chi connectivity index (χ0n) is 20.4. The van der Waals surface area contributed by atoms with Crippen LogP contribution in [0.25, 0.3) is 22.4 Å². The molecular formula is C29H27N3O4S. The minimum Gasteiger partial charge on any atom is -0.481 e. The van der Waals surface area contributed by atoms with Crippen LogP contribution in [0.4, 0.5) is 5.13 Å². The van der Waals surface area contributed by atoms with Gasteiger partial charge in [-0.15, -0.1) is 11.3 Å². The fraction of sp³-hybridized carbons (Fsp3) is 0.241. The minimum absolute atomic E-state index is 0.141. The lowest BCUT2D eigenvalue weighted by Crippen LogP contribution is -2.37. The summed E-state index contributed by atoms with van der Waals surface area (Å²) in [6.07, 6.45) is 3.07. The van der Waals surface area contributed by atoms with Crippen molar-refractivity contribution in [1.82, 2.24) is 9.97 Å². The molecule has 1 fully saturated rings. The molecule has 4 aromatic rings. The second kappa shape index (κ2) is 10.9. The van der Waals surface area contributed by atoms with Crippen LogP contribution in [0, 0.1) is 5.92 Å². The second-order valence-electron chi connectivity index (χ2n) is 9.00. The van der Waals surface area contributed by atoms with Crippen LogP contribution in [-0.2, 0) is 9.59 Å². The van der Waals surface area contributed by atoms with Gasteiger partial charge < -0.3 is 9.84 Å². The Labute approximate surface area is 219 Å². The molecule has 0 unspecified atom stereocenters. The number of carbonyl (C=O) groups is 2. The first-order valence-electron chi connectivity index (χ1n) is 12.2. The van der Waals surface area contributed by atoms with E-state index in [0.29, 0.717) is 17.6 Å². The SMILES string of the molecule is COc1ccc(-c2ccccc2-c2csc(N3CCC[C@H](c4ccccc4)[C@H](CC(=O)O)C3=O)n2)cn1. The number of carboxylic acid groups (broad SMARTS) is 1. The number of benzene rings is 2. The van der Waals surface area contributed by atoms with Gasteiger partial charge in [0.25, 0.3) is 0 Å². The molecule has 7 nitrogen and oxygen atoms in total. The van der Waals surface area contributed by atoms with Crippen molar-refractivity contribution in [3.63, 3.8) is 0 Å². The van der Waals surface area contributed by atoms with Gasteiger partial charge in [-0.2, -0.15) is 0 Å². The monoisotopic (exact) mass is 513 g/mol. The van der Waals surface area contributed by atoms with Gasteiger partial charge in [-0.25, -0.2) is 9.97 Å². The number of pyridine rings is 1. The number of hydrogen-bond acceptors (Lipinski definition) is 6. The molecule has 2 atom stereocenters. The van der Waals surface area contributed by atoms with E-state index in [9.17, 15) is 14.7 Å². The standard InChI is InChI=1S/C29H27N3O4S/c1-36-26-14-13-20(17-30-26)22-10-5-6-11-23(22)25-18-37-29(31-25)32-15-7-12-21(19-8-3-2-4-9-19)24(28(32)35)16-27(33)34/h2-6,8-11,13-14,17-18,21,24H,7,12,15-16H2,1H3,(H,33,34)/t21-,24+/m1/s1. The zero-order valence-corrected chi connectivity index (χ0v) is 21.2. The first-order chi connectivity index (χ1) is 18.0. The number of aliphatic carboxylic acids is 1. The molecule has 0 spiro atoms. The third-order valence-corrected chi connectivity index (χ3v) is 7.63. The normalized spacial score (nSPS) is 17.9. The van der Waals surface area contributed by atoms with Crippen LogP contribution < -0.4 is 9.64 Å². The largest absolute Gasteiger partial charge is 0.481 e. The molecule has 188 valence electrons. The third kappa shape index (κ3) is 5.24. The molecule has 1 amide bonds. The van der Waals surface area contributed by atoms with Gasteiger partial charge in [-0.1, -0.05) is 54.6 Å². The van der Waals surface area contributed by atoms with Crippen molar-refractivity contribution in [2.75, 3.05) is 18.6 Å². The van der Waals surface area contributed by atoms with Crippen molar-refractivity contribution >= 4 is 28.3 Å². The molecule has 0 bridgehead atoms. The van der Waals surface area contributed by atoms with Crippen LogP contribution in [0.5, 0.6) is 5.88 Å². The molecule has 1 N–H and O–H groups in total. The topological polar surface area (TPSA) is 92.6 Å². The molecule has 0 saturated carbocycles. The van der Waals surface area contributed by atoms with Crippen LogP contribution in [0.15, 0.2) is 78.3 Å². The first kappa shape index (κ1) is 24.6. The highest BCUT2D eigenvalue weighted by Crippen LogP contribution is 2.39.